The number of pyridine rings is 1. The molecule has 2 rings (SSSR count). The lowest BCUT2D eigenvalue weighted by Crippen LogP contribution is -2.26. The summed E-state index contributed by atoms with van der Waals surface area (Å²) in [6, 6.07) is 3.40. The van der Waals surface area contributed by atoms with Crippen molar-refractivity contribution in [2.45, 2.75) is 12.8 Å². The molecule has 4 heteroatoms. The molecular weight excluding hydrogens is 214 g/mol. The van der Waals surface area contributed by atoms with E-state index in [4.69, 9.17) is 16.3 Å². The second kappa shape index (κ2) is 4.73. The zero-order valence-electron chi connectivity index (χ0n) is 8.28. The number of nitrogens with zero attached hydrogens (tertiary/aromatic N) is 1. The Bertz CT molecular complexity index is 361. The Kier molecular flexibility index (Phi) is 3.34. The van der Waals surface area contributed by atoms with Gasteiger partial charge >= 0.3 is 0 Å². The number of rotatable bonds is 2. The number of ether oxygens (including phenoxy) is 1. The number of carbonyl (C=O) groups excluding carboxylic acids is 1. The fourth-order valence-electron chi connectivity index (χ4n) is 1.71. The smallest absolute Gasteiger partial charge is 0.188 e. The van der Waals surface area contributed by atoms with Crippen LogP contribution in [0.15, 0.2) is 18.3 Å². The van der Waals surface area contributed by atoms with Gasteiger partial charge in [-0.2, -0.15) is 0 Å². The second-order valence-corrected chi connectivity index (χ2v) is 4.02. The van der Waals surface area contributed by atoms with Crippen molar-refractivity contribution in [2.24, 2.45) is 5.92 Å². The molecule has 0 aromatic carbocycles. The molecule has 1 unspecified atom stereocenters. The highest BCUT2D eigenvalue weighted by Gasteiger charge is 2.25. The number of halogens is 1. The minimum absolute atomic E-state index is 0.000278. The van der Waals surface area contributed by atoms with Crippen LogP contribution in [0.3, 0.4) is 0 Å². The van der Waals surface area contributed by atoms with Gasteiger partial charge in [0.1, 0.15) is 5.69 Å². The molecule has 0 spiro atoms. The summed E-state index contributed by atoms with van der Waals surface area (Å²) in [4.78, 5) is 16.0. The number of aromatic nitrogens is 1. The lowest BCUT2D eigenvalue weighted by Gasteiger charge is -2.20. The van der Waals surface area contributed by atoms with Crippen LogP contribution >= 0.6 is 11.6 Å². The molecular formula is C11H12ClNO2. The molecule has 2 heterocycles. The topological polar surface area (TPSA) is 39.2 Å². The number of carbonyl (C=O) groups is 1. The predicted octanol–water partition coefficient (Wildman–Crippen LogP) is 2.34. The predicted molar refractivity (Wildman–Crippen MR) is 57.1 cm³/mol. The maximum atomic E-state index is 12.0. The van der Waals surface area contributed by atoms with Gasteiger partial charge in [-0.3, -0.25) is 9.78 Å². The van der Waals surface area contributed by atoms with E-state index in [2.05, 4.69) is 4.98 Å². The van der Waals surface area contributed by atoms with E-state index in [1.165, 1.54) is 0 Å². The molecule has 80 valence electrons. The average Bonchev–Trinajstić information content (AvgIpc) is 2.30. The number of Topliss-reactive ketones (excluding diaryl/α,β-unsaturated/α-hetero) is 1. The summed E-state index contributed by atoms with van der Waals surface area (Å²) in [6.45, 7) is 1.24. The number of ketones is 1. The standard InChI is InChI=1S/C11H12ClNO2/c12-9-4-1-5-13-10(9)11(14)8-3-2-6-15-7-8/h1,4-5,8H,2-3,6-7H2. The summed E-state index contributed by atoms with van der Waals surface area (Å²) < 4.78 is 5.27. The molecule has 1 aliphatic heterocycles. The Morgan fingerprint density at radius 2 is 2.47 bits per heavy atom. The van der Waals surface area contributed by atoms with Crippen molar-refractivity contribution in [3.8, 4) is 0 Å². The van der Waals surface area contributed by atoms with Crippen molar-refractivity contribution in [1.29, 1.82) is 0 Å². The SMILES string of the molecule is O=C(c1ncccc1Cl)C1CCCOC1. The highest BCUT2D eigenvalue weighted by Crippen LogP contribution is 2.21. The molecule has 0 saturated carbocycles. The van der Waals surface area contributed by atoms with Crippen molar-refractivity contribution in [1.82, 2.24) is 4.98 Å². The van der Waals surface area contributed by atoms with Crippen molar-refractivity contribution in [3.63, 3.8) is 0 Å². The average molecular weight is 226 g/mol. The third kappa shape index (κ3) is 2.36. The summed E-state index contributed by atoms with van der Waals surface area (Å²) in [5, 5.41) is 0.424. The van der Waals surface area contributed by atoms with Crippen LogP contribution in [0, 0.1) is 5.92 Å². The van der Waals surface area contributed by atoms with E-state index in [-0.39, 0.29) is 11.7 Å². The van der Waals surface area contributed by atoms with E-state index in [0.717, 1.165) is 19.4 Å². The van der Waals surface area contributed by atoms with Crippen LogP contribution in [0.2, 0.25) is 5.02 Å². The first-order valence-corrected chi connectivity index (χ1v) is 5.39. The minimum Gasteiger partial charge on any atom is -0.381 e. The maximum Gasteiger partial charge on any atom is 0.188 e. The quantitative estimate of drug-likeness (QED) is 0.726. The number of hydrogen-bond acceptors (Lipinski definition) is 3. The van der Waals surface area contributed by atoms with E-state index in [0.29, 0.717) is 17.3 Å². The largest absolute Gasteiger partial charge is 0.381 e. The van der Waals surface area contributed by atoms with Crippen molar-refractivity contribution in [3.05, 3.63) is 29.0 Å². The van der Waals surface area contributed by atoms with Crippen molar-refractivity contribution < 1.29 is 9.53 Å². The van der Waals surface area contributed by atoms with E-state index in [9.17, 15) is 4.79 Å². The molecule has 1 fully saturated rings. The molecule has 0 bridgehead atoms. The highest BCUT2D eigenvalue weighted by molar-refractivity contribution is 6.33. The van der Waals surface area contributed by atoms with Crippen LogP contribution in [0.1, 0.15) is 23.3 Å². The molecule has 1 aliphatic rings. The van der Waals surface area contributed by atoms with E-state index >= 15 is 0 Å². The fraction of sp³-hybridized carbons (Fsp3) is 0.455. The van der Waals surface area contributed by atoms with Gasteiger partial charge in [-0.05, 0) is 25.0 Å². The molecule has 1 atom stereocenters. The molecule has 0 aliphatic carbocycles. The summed E-state index contributed by atoms with van der Waals surface area (Å²) in [7, 11) is 0. The number of hydrogen-bond donors (Lipinski definition) is 0. The van der Waals surface area contributed by atoms with Gasteiger partial charge in [0.15, 0.2) is 5.78 Å². The molecule has 1 saturated heterocycles. The van der Waals surface area contributed by atoms with E-state index in [1.807, 2.05) is 0 Å². The molecule has 1 aromatic heterocycles. The lowest BCUT2D eigenvalue weighted by molar-refractivity contribution is 0.0458. The van der Waals surface area contributed by atoms with Gasteiger partial charge in [0.05, 0.1) is 11.6 Å². The first kappa shape index (κ1) is 10.6. The van der Waals surface area contributed by atoms with Gasteiger partial charge in [-0.25, -0.2) is 0 Å². The van der Waals surface area contributed by atoms with Crippen LogP contribution in [0.4, 0.5) is 0 Å². The summed E-state index contributed by atoms with van der Waals surface area (Å²) in [5.41, 5.74) is 0.370. The maximum absolute atomic E-state index is 12.0. The second-order valence-electron chi connectivity index (χ2n) is 3.61. The normalized spacial score (nSPS) is 21.3. The Balaban J connectivity index is 2.16. The van der Waals surface area contributed by atoms with Gasteiger partial charge in [0.25, 0.3) is 0 Å². The third-order valence-corrected chi connectivity index (χ3v) is 2.83. The Morgan fingerprint density at radius 3 is 3.13 bits per heavy atom. The lowest BCUT2D eigenvalue weighted by atomic mass is 9.95. The fourth-order valence-corrected chi connectivity index (χ4v) is 1.92. The van der Waals surface area contributed by atoms with Crippen LogP contribution < -0.4 is 0 Å². The van der Waals surface area contributed by atoms with Gasteiger partial charge in [-0.1, -0.05) is 11.6 Å². The van der Waals surface area contributed by atoms with E-state index in [1.54, 1.807) is 18.3 Å². The van der Waals surface area contributed by atoms with Crippen molar-refractivity contribution >= 4 is 17.4 Å². The minimum atomic E-state index is -0.0776. The van der Waals surface area contributed by atoms with Crippen molar-refractivity contribution in [2.75, 3.05) is 13.2 Å². The first-order valence-electron chi connectivity index (χ1n) is 5.01. The Labute approximate surface area is 93.4 Å². The molecule has 1 aromatic rings. The molecule has 0 N–H and O–H groups in total. The monoisotopic (exact) mass is 225 g/mol. The van der Waals surface area contributed by atoms with Gasteiger partial charge in [0, 0.05) is 18.7 Å². The Morgan fingerprint density at radius 1 is 1.60 bits per heavy atom. The van der Waals surface area contributed by atoms with Crippen LogP contribution in [0.5, 0.6) is 0 Å². The van der Waals surface area contributed by atoms with Crippen LogP contribution in [0.25, 0.3) is 0 Å². The van der Waals surface area contributed by atoms with Gasteiger partial charge in [-0.15, -0.1) is 0 Å². The molecule has 0 radical (unpaired) electrons. The van der Waals surface area contributed by atoms with E-state index < -0.39 is 0 Å². The Hall–Kier alpha value is -0.930. The zero-order chi connectivity index (χ0) is 10.7. The summed E-state index contributed by atoms with van der Waals surface area (Å²) >= 11 is 5.91. The summed E-state index contributed by atoms with van der Waals surface area (Å²) in [6.07, 6.45) is 3.38. The van der Waals surface area contributed by atoms with Crippen LogP contribution in [-0.4, -0.2) is 24.0 Å². The third-order valence-electron chi connectivity index (χ3n) is 2.52. The zero-order valence-corrected chi connectivity index (χ0v) is 9.04. The first-order chi connectivity index (χ1) is 7.29. The molecule has 15 heavy (non-hydrogen) atoms. The van der Waals surface area contributed by atoms with Crippen LogP contribution in [-0.2, 0) is 4.74 Å². The van der Waals surface area contributed by atoms with Gasteiger partial charge < -0.3 is 4.74 Å². The van der Waals surface area contributed by atoms with Gasteiger partial charge in [0.2, 0.25) is 0 Å². The molecule has 0 amide bonds. The molecule has 3 nitrogen and oxygen atoms in total. The summed E-state index contributed by atoms with van der Waals surface area (Å²) in [5.74, 6) is -0.0774. The highest BCUT2D eigenvalue weighted by atomic mass is 35.5.